The number of thiophene rings is 1. The molecule has 0 saturated carbocycles. The molecule has 8 nitrogen and oxygen atoms in total. The Balaban J connectivity index is 1.79. The summed E-state index contributed by atoms with van der Waals surface area (Å²) in [5, 5.41) is 6.10. The molecule has 1 aliphatic rings. The summed E-state index contributed by atoms with van der Waals surface area (Å²) in [5.74, 6) is -1.12. The molecule has 1 fully saturated rings. The van der Waals surface area contributed by atoms with Gasteiger partial charge in [-0.2, -0.15) is 0 Å². The number of nitrogens with zero attached hydrogens (tertiary/aromatic N) is 1. The molecule has 0 aliphatic carbocycles. The lowest BCUT2D eigenvalue weighted by molar-refractivity contribution is -0.117. The third-order valence-electron chi connectivity index (χ3n) is 5.95. The number of esters is 1. The van der Waals surface area contributed by atoms with Crippen LogP contribution >= 0.6 is 11.3 Å². The fraction of sp³-hybridized carbons (Fsp3) is 0.480. The highest BCUT2D eigenvalue weighted by molar-refractivity contribution is 7.19. The first-order valence-electron chi connectivity index (χ1n) is 11.5. The highest BCUT2D eigenvalue weighted by atomic mass is 32.1. The van der Waals surface area contributed by atoms with Gasteiger partial charge in [0.25, 0.3) is 5.91 Å². The Morgan fingerprint density at radius 3 is 2.44 bits per heavy atom. The third-order valence-corrected chi connectivity index (χ3v) is 7.16. The number of nitrogens with one attached hydrogen (secondary N) is 2. The number of rotatable bonds is 8. The van der Waals surface area contributed by atoms with Gasteiger partial charge in [0, 0.05) is 25.9 Å². The molecule has 1 saturated heterocycles. The van der Waals surface area contributed by atoms with E-state index in [0.29, 0.717) is 21.1 Å². The zero-order chi connectivity index (χ0) is 24.8. The highest BCUT2D eigenvalue weighted by Crippen LogP contribution is 2.34. The zero-order valence-corrected chi connectivity index (χ0v) is 21.3. The van der Waals surface area contributed by atoms with Crippen LogP contribution in [0.5, 0.6) is 0 Å². The highest BCUT2D eigenvalue weighted by Gasteiger charge is 2.28. The lowest BCUT2D eigenvalue weighted by atomic mass is 10.1. The molecule has 0 radical (unpaired) electrons. The van der Waals surface area contributed by atoms with Crippen molar-refractivity contribution < 1.29 is 23.9 Å². The Labute approximate surface area is 204 Å². The SMILES string of the molecule is CCOC(=O)c1c(NC(=O)CN2CCC(OC)CC2)sc(C(=O)Nc2ccc(C)cc2C)c1C. The van der Waals surface area contributed by atoms with Gasteiger partial charge in [0.05, 0.1) is 29.7 Å². The van der Waals surface area contributed by atoms with Gasteiger partial charge in [-0.15, -0.1) is 11.3 Å². The van der Waals surface area contributed by atoms with E-state index in [2.05, 4.69) is 15.5 Å². The van der Waals surface area contributed by atoms with Crippen LogP contribution in [0.1, 0.15) is 56.5 Å². The molecule has 2 aromatic rings. The second kappa shape index (κ2) is 11.6. The summed E-state index contributed by atoms with van der Waals surface area (Å²) >= 11 is 1.09. The van der Waals surface area contributed by atoms with E-state index in [9.17, 15) is 14.4 Å². The van der Waals surface area contributed by atoms with Crippen molar-refractivity contribution in [3.63, 3.8) is 0 Å². The number of likely N-dealkylation sites (tertiary alicyclic amines) is 1. The second-order valence-corrected chi connectivity index (χ2v) is 9.53. The van der Waals surface area contributed by atoms with Gasteiger partial charge < -0.3 is 20.1 Å². The molecular formula is C25H33N3O5S. The van der Waals surface area contributed by atoms with Gasteiger partial charge in [0.2, 0.25) is 5.91 Å². The third kappa shape index (κ3) is 6.22. The monoisotopic (exact) mass is 487 g/mol. The number of methoxy groups -OCH3 is 1. The van der Waals surface area contributed by atoms with Gasteiger partial charge in [-0.3, -0.25) is 14.5 Å². The standard InChI is InChI=1S/C25H33N3O5S/c1-6-33-25(31)21-17(4)22(23(30)26-19-8-7-15(2)13-16(19)3)34-24(21)27-20(29)14-28-11-9-18(32-5)10-12-28/h7-8,13,18H,6,9-12,14H2,1-5H3,(H,26,30)(H,27,29). The van der Waals surface area contributed by atoms with E-state index in [4.69, 9.17) is 9.47 Å². The molecule has 184 valence electrons. The van der Waals surface area contributed by atoms with Crippen LogP contribution in [-0.4, -0.2) is 62.1 Å². The lowest BCUT2D eigenvalue weighted by Gasteiger charge is -2.30. The Kier molecular flexibility index (Phi) is 8.82. The van der Waals surface area contributed by atoms with Gasteiger partial charge in [0.1, 0.15) is 5.00 Å². The number of carbonyl (C=O) groups is 3. The fourth-order valence-electron chi connectivity index (χ4n) is 4.07. The van der Waals surface area contributed by atoms with Crippen LogP contribution in [-0.2, 0) is 14.3 Å². The molecule has 2 amide bonds. The smallest absolute Gasteiger partial charge is 0.341 e. The first kappa shape index (κ1) is 25.9. The fourth-order valence-corrected chi connectivity index (χ4v) is 5.18. The number of hydrogen-bond acceptors (Lipinski definition) is 7. The Morgan fingerprint density at radius 2 is 1.82 bits per heavy atom. The first-order valence-corrected chi connectivity index (χ1v) is 12.3. The van der Waals surface area contributed by atoms with Gasteiger partial charge in [-0.25, -0.2) is 4.79 Å². The predicted octanol–water partition coefficient (Wildman–Crippen LogP) is 4.15. The molecule has 1 aromatic carbocycles. The topological polar surface area (TPSA) is 97.0 Å². The quantitative estimate of drug-likeness (QED) is 0.543. The van der Waals surface area contributed by atoms with E-state index in [1.807, 2.05) is 32.0 Å². The number of amides is 2. The minimum Gasteiger partial charge on any atom is -0.462 e. The van der Waals surface area contributed by atoms with Crippen LogP contribution in [0.2, 0.25) is 0 Å². The van der Waals surface area contributed by atoms with Crippen molar-refractivity contribution in [2.45, 2.75) is 46.6 Å². The molecule has 0 spiro atoms. The van der Waals surface area contributed by atoms with Crippen molar-refractivity contribution >= 4 is 39.8 Å². The summed E-state index contributed by atoms with van der Waals surface area (Å²) in [5.41, 5.74) is 3.46. The molecule has 0 bridgehead atoms. The molecule has 1 aliphatic heterocycles. The maximum absolute atomic E-state index is 13.1. The predicted molar refractivity (Wildman–Crippen MR) is 134 cm³/mol. The van der Waals surface area contributed by atoms with E-state index in [-0.39, 0.29) is 36.6 Å². The van der Waals surface area contributed by atoms with Crippen molar-refractivity contribution in [1.82, 2.24) is 4.90 Å². The maximum Gasteiger partial charge on any atom is 0.341 e. The summed E-state index contributed by atoms with van der Waals surface area (Å²) in [6.07, 6.45) is 1.98. The summed E-state index contributed by atoms with van der Waals surface area (Å²) < 4.78 is 10.6. The summed E-state index contributed by atoms with van der Waals surface area (Å²) in [6.45, 7) is 9.27. The molecule has 3 rings (SSSR count). The van der Waals surface area contributed by atoms with E-state index in [1.165, 1.54) is 0 Å². The Hall–Kier alpha value is -2.75. The van der Waals surface area contributed by atoms with Crippen LogP contribution in [0.25, 0.3) is 0 Å². The minimum atomic E-state index is -0.557. The molecule has 34 heavy (non-hydrogen) atoms. The van der Waals surface area contributed by atoms with E-state index < -0.39 is 5.97 Å². The number of hydrogen-bond donors (Lipinski definition) is 2. The van der Waals surface area contributed by atoms with Crippen LogP contribution in [0.4, 0.5) is 10.7 Å². The van der Waals surface area contributed by atoms with Gasteiger partial charge in [-0.05, 0) is 57.7 Å². The molecule has 1 aromatic heterocycles. The molecule has 2 N–H and O–H groups in total. The number of anilines is 2. The van der Waals surface area contributed by atoms with Crippen LogP contribution in [0.3, 0.4) is 0 Å². The summed E-state index contributed by atoms with van der Waals surface area (Å²) in [7, 11) is 1.71. The number of piperidine rings is 1. The number of benzene rings is 1. The maximum atomic E-state index is 13.1. The van der Waals surface area contributed by atoms with Gasteiger partial charge in [0.15, 0.2) is 0 Å². The second-order valence-electron chi connectivity index (χ2n) is 8.51. The Morgan fingerprint density at radius 1 is 1.12 bits per heavy atom. The normalized spacial score (nSPS) is 14.6. The van der Waals surface area contributed by atoms with E-state index in [0.717, 1.165) is 48.4 Å². The number of ether oxygens (including phenoxy) is 2. The molecule has 0 unspecified atom stereocenters. The Bertz CT molecular complexity index is 1060. The average Bonchev–Trinajstić information content (AvgIpc) is 3.12. The van der Waals surface area contributed by atoms with Crippen molar-refractivity contribution in [2.75, 3.05) is 44.0 Å². The number of aryl methyl sites for hydroxylation is 2. The zero-order valence-electron chi connectivity index (χ0n) is 20.4. The van der Waals surface area contributed by atoms with Crippen molar-refractivity contribution in [3.05, 3.63) is 45.3 Å². The molecule has 2 heterocycles. The summed E-state index contributed by atoms with van der Waals surface area (Å²) in [4.78, 5) is 41.0. The minimum absolute atomic E-state index is 0.194. The largest absolute Gasteiger partial charge is 0.462 e. The van der Waals surface area contributed by atoms with Crippen molar-refractivity contribution in [2.24, 2.45) is 0 Å². The lowest BCUT2D eigenvalue weighted by Crippen LogP contribution is -2.41. The van der Waals surface area contributed by atoms with Gasteiger partial charge >= 0.3 is 5.97 Å². The van der Waals surface area contributed by atoms with Crippen LogP contribution < -0.4 is 10.6 Å². The molecule has 9 heteroatoms. The van der Waals surface area contributed by atoms with Gasteiger partial charge in [-0.1, -0.05) is 17.7 Å². The summed E-state index contributed by atoms with van der Waals surface area (Å²) in [6, 6.07) is 5.77. The van der Waals surface area contributed by atoms with E-state index in [1.54, 1.807) is 21.0 Å². The van der Waals surface area contributed by atoms with Crippen molar-refractivity contribution in [3.8, 4) is 0 Å². The van der Waals surface area contributed by atoms with E-state index >= 15 is 0 Å². The first-order chi connectivity index (χ1) is 16.2. The van der Waals surface area contributed by atoms with Crippen LogP contribution in [0.15, 0.2) is 18.2 Å². The average molecular weight is 488 g/mol. The van der Waals surface area contributed by atoms with Crippen molar-refractivity contribution in [1.29, 1.82) is 0 Å². The molecular weight excluding hydrogens is 454 g/mol. The van der Waals surface area contributed by atoms with Crippen LogP contribution in [0, 0.1) is 20.8 Å². The number of carbonyl (C=O) groups excluding carboxylic acids is 3. The molecule has 0 atom stereocenters.